The molecule has 0 unspecified atom stereocenters. The lowest BCUT2D eigenvalue weighted by Gasteiger charge is -2.04. The molecule has 2 heterocycles. The van der Waals surface area contributed by atoms with Crippen LogP contribution in [-0.4, -0.2) is 21.5 Å². The Hall–Kier alpha value is -1.68. The molecule has 0 bridgehead atoms. The van der Waals surface area contributed by atoms with Crippen LogP contribution >= 0.6 is 0 Å². The second kappa shape index (κ2) is 6.15. The van der Waals surface area contributed by atoms with Crippen LogP contribution in [0.15, 0.2) is 30.7 Å². The number of hydrogen-bond acceptors (Lipinski definition) is 3. The highest BCUT2D eigenvalue weighted by atomic mass is 14.9. The van der Waals surface area contributed by atoms with Crippen LogP contribution in [-0.2, 0) is 13.0 Å². The summed E-state index contributed by atoms with van der Waals surface area (Å²) >= 11 is 0. The lowest BCUT2D eigenvalue weighted by molar-refractivity contribution is 0.640. The number of imidazole rings is 1. The van der Waals surface area contributed by atoms with E-state index in [1.54, 1.807) is 6.20 Å². The van der Waals surface area contributed by atoms with E-state index in [2.05, 4.69) is 26.3 Å². The number of nitrogens with zero attached hydrogens (tertiary/aromatic N) is 2. The summed E-state index contributed by atoms with van der Waals surface area (Å²) in [5.41, 5.74) is 2.29. The predicted molar refractivity (Wildman–Crippen MR) is 67.6 cm³/mol. The van der Waals surface area contributed by atoms with Gasteiger partial charge < -0.3 is 10.3 Å². The van der Waals surface area contributed by atoms with Crippen molar-refractivity contribution < 1.29 is 0 Å². The lowest BCUT2D eigenvalue weighted by Crippen LogP contribution is -2.15. The van der Waals surface area contributed by atoms with Gasteiger partial charge in [0.25, 0.3) is 0 Å². The molecule has 0 fully saturated rings. The second-order valence-corrected chi connectivity index (χ2v) is 4.12. The van der Waals surface area contributed by atoms with E-state index in [9.17, 15) is 0 Å². The fourth-order valence-electron chi connectivity index (χ4n) is 1.65. The van der Waals surface area contributed by atoms with E-state index in [0.29, 0.717) is 0 Å². The molecule has 0 saturated carbocycles. The first kappa shape index (κ1) is 11.8. The molecular weight excluding hydrogens is 212 g/mol. The fraction of sp³-hybridized carbons (Fsp3) is 0.385. The summed E-state index contributed by atoms with van der Waals surface area (Å²) in [6.07, 6.45) is 7.66. The number of hydrogen-bond donors (Lipinski definition) is 2. The van der Waals surface area contributed by atoms with Crippen LogP contribution in [0.4, 0.5) is 0 Å². The maximum atomic E-state index is 4.26. The van der Waals surface area contributed by atoms with E-state index in [-0.39, 0.29) is 0 Å². The summed E-state index contributed by atoms with van der Waals surface area (Å²) in [6.45, 7) is 3.88. The zero-order chi connectivity index (χ0) is 11.9. The molecule has 0 saturated heterocycles. The maximum Gasteiger partial charge on any atom is 0.106 e. The third-order valence-electron chi connectivity index (χ3n) is 2.62. The number of nitrogens with one attached hydrogen (secondary N) is 2. The van der Waals surface area contributed by atoms with Gasteiger partial charge in [-0.25, -0.2) is 4.98 Å². The summed E-state index contributed by atoms with van der Waals surface area (Å²) in [4.78, 5) is 11.6. The van der Waals surface area contributed by atoms with Gasteiger partial charge in [0.2, 0.25) is 0 Å². The molecule has 0 aromatic carbocycles. The van der Waals surface area contributed by atoms with Gasteiger partial charge >= 0.3 is 0 Å². The van der Waals surface area contributed by atoms with Crippen LogP contribution in [0.25, 0.3) is 0 Å². The number of rotatable bonds is 6. The zero-order valence-electron chi connectivity index (χ0n) is 10.1. The van der Waals surface area contributed by atoms with Crippen molar-refractivity contribution in [3.05, 3.63) is 47.8 Å². The first-order valence-corrected chi connectivity index (χ1v) is 5.95. The van der Waals surface area contributed by atoms with Gasteiger partial charge in [-0.3, -0.25) is 4.98 Å². The highest BCUT2D eigenvalue weighted by molar-refractivity contribution is 5.12. The molecule has 2 N–H and O–H groups in total. The number of aromatic nitrogens is 3. The summed E-state index contributed by atoms with van der Waals surface area (Å²) in [6, 6.07) is 4.15. The zero-order valence-corrected chi connectivity index (χ0v) is 10.1. The molecule has 0 spiro atoms. The molecule has 0 radical (unpaired) electrons. The Bertz CT molecular complexity index is 419. The van der Waals surface area contributed by atoms with Crippen LogP contribution in [0.1, 0.15) is 23.5 Å². The molecule has 17 heavy (non-hydrogen) atoms. The van der Waals surface area contributed by atoms with E-state index in [1.807, 2.05) is 25.4 Å². The van der Waals surface area contributed by atoms with Crippen LogP contribution in [0.3, 0.4) is 0 Å². The minimum Gasteiger partial charge on any atom is -0.349 e. The average Bonchev–Trinajstić information content (AvgIpc) is 2.84. The number of aromatic amines is 1. The smallest absolute Gasteiger partial charge is 0.106 e. The third kappa shape index (κ3) is 4.00. The van der Waals surface area contributed by atoms with Crippen LogP contribution in [0.2, 0.25) is 0 Å². The van der Waals surface area contributed by atoms with Crippen molar-refractivity contribution in [2.45, 2.75) is 26.3 Å². The van der Waals surface area contributed by atoms with Crippen molar-refractivity contribution >= 4 is 0 Å². The van der Waals surface area contributed by atoms with Crippen LogP contribution in [0.5, 0.6) is 0 Å². The Morgan fingerprint density at radius 2 is 2.24 bits per heavy atom. The monoisotopic (exact) mass is 230 g/mol. The third-order valence-corrected chi connectivity index (χ3v) is 2.62. The average molecular weight is 230 g/mol. The Kier molecular flexibility index (Phi) is 4.27. The van der Waals surface area contributed by atoms with Gasteiger partial charge in [0.15, 0.2) is 0 Å². The minimum atomic E-state index is 0.880. The molecule has 90 valence electrons. The van der Waals surface area contributed by atoms with E-state index < -0.39 is 0 Å². The molecule has 0 aliphatic carbocycles. The first-order valence-electron chi connectivity index (χ1n) is 5.95. The maximum absolute atomic E-state index is 4.26. The van der Waals surface area contributed by atoms with Crippen LogP contribution < -0.4 is 5.32 Å². The summed E-state index contributed by atoms with van der Waals surface area (Å²) in [7, 11) is 0. The summed E-state index contributed by atoms with van der Waals surface area (Å²) < 4.78 is 0. The molecule has 0 amide bonds. The topological polar surface area (TPSA) is 53.6 Å². The number of pyridine rings is 1. The van der Waals surface area contributed by atoms with Gasteiger partial charge in [-0.05, 0) is 31.5 Å². The molecule has 4 nitrogen and oxygen atoms in total. The summed E-state index contributed by atoms with van der Waals surface area (Å²) in [5, 5.41) is 3.40. The largest absolute Gasteiger partial charge is 0.349 e. The molecule has 4 heteroatoms. The Morgan fingerprint density at radius 1 is 1.29 bits per heavy atom. The molecule has 0 atom stereocenters. The second-order valence-electron chi connectivity index (χ2n) is 4.12. The van der Waals surface area contributed by atoms with Crippen molar-refractivity contribution in [3.63, 3.8) is 0 Å². The first-order chi connectivity index (χ1) is 8.34. The Morgan fingerprint density at radius 3 is 2.94 bits per heavy atom. The Balaban J connectivity index is 1.61. The number of H-pyrrole nitrogens is 1. The van der Waals surface area contributed by atoms with Crippen molar-refractivity contribution in [1.82, 2.24) is 20.3 Å². The van der Waals surface area contributed by atoms with Gasteiger partial charge in [-0.15, -0.1) is 0 Å². The van der Waals surface area contributed by atoms with Crippen LogP contribution in [0, 0.1) is 6.92 Å². The fourth-order valence-corrected chi connectivity index (χ4v) is 1.65. The number of aryl methyl sites for hydroxylation is 2. The molecule has 2 aromatic heterocycles. The normalized spacial score (nSPS) is 10.6. The molecule has 2 rings (SSSR count). The molecule has 2 aromatic rings. The lowest BCUT2D eigenvalue weighted by atomic mass is 10.2. The van der Waals surface area contributed by atoms with E-state index in [4.69, 9.17) is 0 Å². The van der Waals surface area contributed by atoms with Gasteiger partial charge in [0.1, 0.15) is 5.82 Å². The van der Waals surface area contributed by atoms with Gasteiger partial charge in [-0.1, -0.05) is 6.07 Å². The standard InChI is InChI=1S/C13H18N4/c1-11-4-5-12(10-17-11)9-14-6-2-3-13-15-7-8-16-13/h4-5,7-8,10,14H,2-3,6,9H2,1H3,(H,15,16). The highest BCUT2D eigenvalue weighted by Gasteiger charge is 1.95. The van der Waals surface area contributed by atoms with Gasteiger partial charge in [0, 0.05) is 37.3 Å². The Labute approximate surface area is 102 Å². The molecular formula is C13H18N4. The molecule has 0 aliphatic rings. The van der Waals surface area contributed by atoms with Crippen molar-refractivity contribution in [2.24, 2.45) is 0 Å². The molecule has 0 aliphatic heterocycles. The van der Waals surface area contributed by atoms with Gasteiger partial charge in [0.05, 0.1) is 0 Å². The van der Waals surface area contributed by atoms with Crippen molar-refractivity contribution in [1.29, 1.82) is 0 Å². The van der Waals surface area contributed by atoms with E-state index >= 15 is 0 Å². The van der Waals surface area contributed by atoms with Crippen molar-refractivity contribution in [3.8, 4) is 0 Å². The summed E-state index contributed by atoms with van der Waals surface area (Å²) in [5.74, 6) is 1.06. The van der Waals surface area contributed by atoms with E-state index in [0.717, 1.165) is 37.4 Å². The predicted octanol–water partition coefficient (Wildman–Crippen LogP) is 1.84. The van der Waals surface area contributed by atoms with Gasteiger partial charge in [-0.2, -0.15) is 0 Å². The highest BCUT2D eigenvalue weighted by Crippen LogP contribution is 1.99. The SMILES string of the molecule is Cc1ccc(CNCCCc2ncc[nH]2)cn1. The van der Waals surface area contributed by atoms with E-state index in [1.165, 1.54) is 5.56 Å². The quantitative estimate of drug-likeness (QED) is 0.744. The van der Waals surface area contributed by atoms with Crippen molar-refractivity contribution in [2.75, 3.05) is 6.54 Å². The minimum absolute atomic E-state index is 0.880.